The van der Waals surface area contributed by atoms with Crippen molar-refractivity contribution in [3.8, 4) is 0 Å². The van der Waals surface area contributed by atoms with Crippen molar-refractivity contribution in [2.75, 3.05) is 7.05 Å². The van der Waals surface area contributed by atoms with Gasteiger partial charge in [0.25, 0.3) is 5.69 Å². The van der Waals surface area contributed by atoms with Crippen LogP contribution in [0.3, 0.4) is 0 Å². The molecular weight excluding hydrogens is 412 g/mol. The molecule has 0 N–H and O–H groups in total. The van der Waals surface area contributed by atoms with E-state index in [4.69, 9.17) is 16.0 Å². The normalized spacial score (nSPS) is 11.9. The van der Waals surface area contributed by atoms with Gasteiger partial charge in [-0.05, 0) is 41.1 Å². The first kappa shape index (κ1) is 17.9. The molecule has 7 nitrogen and oxygen atoms in total. The molecule has 0 unspecified atom stereocenters. The highest BCUT2D eigenvalue weighted by molar-refractivity contribution is 9.10. The predicted molar refractivity (Wildman–Crippen MR) is 87.9 cm³/mol. The summed E-state index contributed by atoms with van der Waals surface area (Å²) in [5.74, 6) is 0.427. The lowest BCUT2D eigenvalue weighted by Crippen LogP contribution is -2.26. The summed E-state index contributed by atoms with van der Waals surface area (Å²) < 4.78 is 31.9. The Morgan fingerprint density at radius 2 is 2.04 bits per heavy atom. The van der Waals surface area contributed by atoms with E-state index in [-0.39, 0.29) is 27.7 Å². The summed E-state index contributed by atoms with van der Waals surface area (Å²) in [6.45, 7) is 1.44. The van der Waals surface area contributed by atoms with E-state index in [9.17, 15) is 18.5 Å². The summed E-state index contributed by atoms with van der Waals surface area (Å²) in [6.07, 6.45) is 0. The second kappa shape index (κ2) is 6.60. The number of halogens is 2. The zero-order valence-corrected chi connectivity index (χ0v) is 15.3. The topological polar surface area (TPSA) is 93.7 Å². The fraction of sp³-hybridized carbons (Fsp3) is 0.231. The molecule has 1 aromatic carbocycles. The highest BCUT2D eigenvalue weighted by atomic mass is 79.9. The maximum Gasteiger partial charge on any atom is 0.275 e. The molecule has 0 fully saturated rings. The Kier molecular flexibility index (Phi) is 5.14. The van der Waals surface area contributed by atoms with E-state index in [1.165, 1.54) is 20.0 Å². The van der Waals surface area contributed by atoms with Crippen LogP contribution in [0.25, 0.3) is 0 Å². The number of furan rings is 1. The van der Waals surface area contributed by atoms with E-state index >= 15 is 0 Å². The number of hydrogen-bond donors (Lipinski definition) is 0. The zero-order valence-electron chi connectivity index (χ0n) is 12.1. The molecule has 0 saturated carbocycles. The van der Waals surface area contributed by atoms with Crippen molar-refractivity contribution >= 4 is 43.2 Å². The summed E-state index contributed by atoms with van der Waals surface area (Å²) in [6, 6.07) is 5.48. The van der Waals surface area contributed by atoms with Crippen molar-refractivity contribution in [3.05, 3.63) is 55.4 Å². The van der Waals surface area contributed by atoms with Crippen LogP contribution in [0.1, 0.15) is 11.3 Å². The molecule has 0 radical (unpaired) electrons. The molecule has 0 aliphatic rings. The molecule has 0 bridgehead atoms. The van der Waals surface area contributed by atoms with Gasteiger partial charge in [-0.2, -0.15) is 4.31 Å². The third-order valence-electron chi connectivity index (χ3n) is 3.20. The highest BCUT2D eigenvalue weighted by Gasteiger charge is 2.26. The van der Waals surface area contributed by atoms with E-state index < -0.39 is 14.9 Å². The molecule has 0 aliphatic heterocycles. The zero-order chi connectivity index (χ0) is 17.4. The van der Waals surface area contributed by atoms with Gasteiger partial charge in [0.15, 0.2) is 4.67 Å². The summed E-state index contributed by atoms with van der Waals surface area (Å²) in [7, 11) is -2.60. The molecule has 0 aliphatic carbocycles. The van der Waals surface area contributed by atoms with Crippen LogP contribution in [0.5, 0.6) is 0 Å². The largest absolute Gasteiger partial charge is 0.453 e. The van der Waals surface area contributed by atoms with Gasteiger partial charge in [0, 0.05) is 18.7 Å². The third kappa shape index (κ3) is 3.74. The first-order valence-electron chi connectivity index (χ1n) is 6.28. The number of benzene rings is 1. The SMILES string of the molecule is Cc1c(Cl)cc(S(=O)(=O)N(C)Cc2ccc(Br)o2)cc1[N+](=O)[O-]. The van der Waals surface area contributed by atoms with Gasteiger partial charge >= 0.3 is 0 Å². The number of sulfonamides is 1. The molecule has 1 aromatic heterocycles. The first-order chi connectivity index (χ1) is 10.6. The minimum Gasteiger partial charge on any atom is -0.453 e. The van der Waals surface area contributed by atoms with Gasteiger partial charge in [-0.3, -0.25) is 10.1 Å². The summed E-state index contributed by atoms with van der Waals surface area (Å²) in [5, 5.41) is 11.1. The van der Waals surface area contributed by atoms with Crippen LogP contribution in [0.15, 0.2) is 38.2 Å². The molecule has 2 rings (SSSR count). The molecule has 0 spiro atoms. The second-order valence-corrected chi connectivity index (χ2v) is 8.01. The fourth-order valence-corrected chi connectivity index (χ4v) is 3.70. The smallest absolute Gasteiger partial charge is 0.275 e. The lowest BCUT2D eigenvalue weighted by Gasteiger charge is -2.16. The lowest BCUT2D eigenvalue weighted by atomic mass is 10.2. The van der Waals surface area contributed by atoms with Crippen LogP contribution in [0.2, 0.25) is 5.02 Å². The Labute approximate surface area is 146 Å². The number of nitro groups is 1. The van der Waals surface area contributed by atoms with Gasteiger partial charge in [0.2, 0.25) is 10.0 Å². The van der Waals surface area contributed by atoms with Crippen molar-refractivity contribution in [2.45, 2.75) is 18.4 Å². The molecule has 2 aromatic rings. The Hall–Kier alpha value is -1.42. The lowest BCUT2D eigenvalue weighted by molar-refractivity contribution is -0.385. The summed E-state index contributed by atoms with van der Waals surface area (Å²) in [5.41, 5.74) is -0.126. The third-order valence-corrected chi connectivity index (χ3v) is 5.80. The Morgan fingerprint density at radius 1 is 1.39 bits per heavy atom. The molecule has 23 heavy (non-hydrogen) atoms. The maximum atomic E-state index is 12.6. The Balaban J connectivity index is 2.41. The Bertz CT molecular complexity index is 865. The van der Waals surface area contributed by atoms with E-state index in [2.05, 4.69) is 15.9 Å². The minimum absolute atomic E-state index is 0.0203. The van der Waals surface area contributed by atoms with Crippen LogP contribution in [-0.4, -0.2) is 24.7 Å². The minimum atomic E-state index is -3.95. The quantitative estimate of drug-likeness (QED) is 0.539. The van der Waals surface area contributed by atoms with Crippen LogP contribution < -0.4 is 0 Å². The van der Waals surface area contributed by atoms with Gasteiger partial charge < -0.3 is 4.42 Å². The molecule has 0 saturated heterocycles. The fourth-order valence-electron chi connectivity index (χ4n) is 1.90. The predicted octanol–water partition coefficient (Wildman–Crippen LogP) is 3.73. The summed E-state index contributed by atoms with van der Waals surface area (Å²) >= 11 is 9.06. The molecular formula is C13H12BrClN2O5S. The van der Waals surface area contributed by atoms with Gasteiger partial charge in [0.05, 0.1) is 21.4 Å². The number of hydrogen-bond acceptors (Lipinski definition) is 5. The number of rotatable bonds is 5. The summed E-state index contributed by atoms with van der Waals surface area (Å²) in [4.78, 5) is 10.1. The van der Waals surface area contributed by atoms with E-state index in [0.717, 1.165) is 10.4 Å². The van der Waals surface area contributed by atoms with Crippen LogP contribution in [0.4, 0.5) is 5.69 Å². The molecule has 0 atom stereocenters. The van der Waals surface area contributed by atoms with Crippen molar-refractivity contribution in [2.24, 2.45) is 0 Å². The van der Waals surface area contributed by atoms with Gasteiger partial charge in [-0.15, -0.1) is 0 Å². The van der Waals surface area contributed by atoms with Crippen molar-refractivity contribution < 1.29 is 17.8 Å². The first-order valence-corrected chi connectivity index (χ1v) is 8.89. The highest BCUT2D eigenvalue weighted by Crippen LogP contribution is 2.31. The van der Waals surface area contributed by atoms with Crippen molar-refractivity contribution in [1.82, 2.24) is 4.31 Å². The van der Waals surface area contributed by atoms with E-state index in [1.54, 1.807) is 12.1 Å². The second-order valence-electron chi connectivity index (χ2n) is 4.77. The van der Waals surface area contributed by atoms with Crippen LogP contribution in [-0.2, 0) is 16.6 Å². The molecule has 1 heterocycles. The average Bonchev–Trinajstić information content (AvgIpc) is 2.86. The van der Waals surface area contributed by atoms with Gasteiger partial charge in [-0.25, -0.2) is 8.42 Å². The van der Waals surface area contributed by atoms with Crippen molar-refractivity contribution in [3.63, 3.8) is 0 Å². The van der Waals surface area contributed by atoms with Gasteiger partial charge in [0.1, 0.15) is 5.76 Å². The molecule has 0 amide bonds. The Morgan fingerprint density at radius 3 is 2.57 bits per heavy atom. The van der Waals surface area contributed by atoms with Crippen LogP contribution >= 0.6 is 27.5 Å². The van der Waals surface area contributed by atoms with Crippen molar-refractivity contribution in [1.29, 1.82) is 0 Å². The van der Waals surface area contributed by atoms with E-state index in [0.29, 0.717) is 10.4 Å². The van der Waals surface area contributed by atoms with Crippen LogP contribution in [0, 0.1) is 17.0 Å². The van der Waals surface area contributed by atoms with Gasteiger partial charge in [-0.1, -0.05) is 11.6 Å². The number of nitro benzene ring substituents is 1. The number of nitrogens with zero attached hydrogens (tertiary/aromatic N) is 2. The standard InChI is InChI=1S/C13H12BrClN2O5S/c1-8-11(15)5-10(6-12(8)17(18)19)23(20,21)16(2)7-9-3-4-13(14)22-9/h3-6H,7H2,1-2H3. The molecule has 124 valence electrons. The molecule has 10 heteroatoms. The average molecular weight is 424 g/mol. The van der Waals surface area contributed by atoms with E-state index in [1.807, 2.05) is 0 Å². The monoisotopic (exact) mass is 422 g/mol. The maximum absolute atomic E-state index is 12.6.